The predicted molar refractivity (Wildman–Crippen MR) is 96.0 cm³/mol. The van der Waals surface area contributed by atoms with Crippen LogP contribution in [0.4, 0.5) is 4.39 Å². The molecule has 0 saturated heterocycles. The van der Waals surface area contributed by atoms with Crippen LogP contribution in [0.3, 0.4) is 0 Å². The van der Waals surface area contributed by atoms with Crippen LogP contribution in [0.5, 0.6) is 0 Å². The van der Waals surface area contributed by atoms with Gasteiger partial charge in [0.05, 0.1) is 6.04 Å². The third-order valence-corrected chi connectivity index (χ3v) is 5.14. The van der Waals surface area contributed by atoms with Crippen molar-refractivity contribution in [2.75, 3.05) is 12.3 Å². The maximum Gasteiger partial charge on any atom is 0.251 e. The van der Waals surface area contributed by atoms with Crippen molar-refractivity contribution >= 4 is 23.6 Å². The number of amides is 2. The van der Waals surface area contributed by atoms with E-state index >= 15 is 0 Å². The molecule has 0 bridgehead atoms. The second kappa shape index (κ2) is 8.16. The molecule has 0 fully saturated rings. The molecule has 0 radical (unpaired) electrons. The average molecular weight is 358 g/mol. The second-order valence-electron chi connectivity index (χ2n) is 5.81. The lowest BCUT2D eigenvalue weighted by atomic mass is 10.0. The number of hydrogen-bond acceptors (Lipinski definition) is 3. The SMILES string of the molecule is O=C(CCNC(=O)c1ccccc1)NC1CCSc2ccc(F)cc21. The fourth-order valence-corrected chi connectivity index (χ4v) is 3.87. The quantitative estimate of drug-likeness (QED) is 0.862. The van der Waals surface area contributed by atoms with Crippen molar-refractivity contribution < 1.29 is 14.0 Å². The lowest BCUT2D eigenvalue weighted by molar-refractivity contribution is -0.121. The monoisotopic (exact) mass is 358 g/mol. The normalized spacial score (nSPS) is 16.0. The van der Waals surface area contributed by atoms with Crippen LogP contribution < -0.4 is 10.6 Å². The summed E-state index contributed by atoms with van der Waals surface area (Å²) < 4.78 is 13.5. The van der Waals surface area contributed by atoms with Gasteiger partial charge in [-0.3, -0.25) is 9.59 Å². The summed E-state index contributed by atoms with van der Waals surface area (Å²) in [4.78, 5) is 25.1. The number of benzene rings is 2. The van der Waals surface area contributed by atoms with Crippen molar-refractivity contribution in [1.82, 2.24) is 10.6 Å². The third kappa shape index (κ3) is 4.60. The molecule has 1 atom stereocenters. The van der Waals surface area contributed by atoms with Gasteiger partial charge in [-0.15, -0.1) is 11.8 Å². The molecule has 4 nitrogen and oxygen atoms in total. The standard InChI is InChI=1S/C19H19FN2O2S/c20-14-6-7-17-15(12-14)16(9-11-25-17)22-18(23)8-10-21-19(24)13-4-2-1-3-5-13/h1-7,12,16H,8-11H2,(H,21,24)(H,22,23). The lowest BCUT2D eigenvalue weighted by Crippen LogP contribution is -2.34. The molecule has 1 aliphatic heterocycles. The summed E-state index contributed by atoms with van der Waals surface area (Å²) in [5, 5.41) is 5.68. The number of hydrogen-bond donors (Lipinski definition) is 2. The highest BCUT2D eigenvalue weighted by Gasteiger charge is 2.22. The van der Waals surface area contributed by atoms with E-state index in [4.69, 9.17) is 0 Å². The number of rotatable bonds is 5. The zero-order valence-electron chi connectivity index (χ0n) is 13.6. The molecular weight excluding hydrogens is 339 g/mol. The van der Waals surface area contributed by atoms with E-state index in [1.54, 1.807) is 42.1 Å². The molecule has 2 amide bonds. The number of carbonyl (C=O) groups excluding carboxylic acids is 2. The van der Waals surface area contributed by atoms with Gasteiger partial charge >= 0.3 is 0 Å². The van der Waals surface area contributed by atoms with E-state index in [1.807, 2.05) is 6.07 Å². The molecule has 0 spiro atoms. The first-order chi connectivity index (χ1) is 12.1. The van der Waals surface area contributed by atoms with Crippen LogP contribution in [0.15, 0.2) is 53.4 Å². The van der Waals surface area contributed by atoms with E-state index < -0.39 is 0 Å². The van der Waals surface area contributed by atoms with Crippen molar-refractivity contribution in [1.29, 1.82) is 0 Å². The second-order valence-corrected chi connectivity index (χ2v) is 6.95. The zero-order valence-corrected chi connectivity index (χ0v) is 14.4. The highest BCUT2D eigenvalue weighted by atomic mass is 32.2. The van der Waals surface area contributed by atoms with Crippen molar-refractivity contribution in [2.24, 2.45) is 0 Å². The van der Waals surface area contributed by atoms with E-state index in [2.05, 4.69) is 10.6 Å². The van der Waals surface area contributed by atoms with Gasteiger partial charge in [-0.25, -0.2) is 4.39 Å². The van der Waals surface area contributed by atoms with Crippen LogP contribution in [0.2, 0.25) is 0 Å². The zero-order chi connectivity index (χ0) is 17.6. The van der Waals surface area contributed by atoms with Crippen LogP contribution in [-0.4, -0.2) is 24.1 Å². The summed E-state index contributed by atoms with van der Waals surface area (Å²) in [6, 6.07) is 13.4. The molecule has 2 N–H and O–H groups in total. The Hall–Kier alpha value is -2.34. The van der Waals surface area contributed by atoms with Gasteiger partial charge in [0, 0.05) is 29.2 Å². The summed E-state index contributed by atoms with van der Waals surface area (Å²) in [6.07, 6.45) is 0.954. The van der Waals surface area contributed by atoms with Crippen LogP contribution in [0, 0.1) is 5.82 Å². The molecule has 2 aromatic rings. The molecule has 1 unspecified atom stereocenters. The molecule has 130 valence electrons. The van der Waals surface area contributed by atoms with Gasteiger partial charge in [-0.1, -0.05) is 18.2 Å². The Bertz CT molecular complexity index is 767. The first-order valence-corrected chi connectivity index (χ1v) is 9.17. The molecule has 1 aliphatic rings. The number of carbonyl (C=O) groups is 2. The third-order valence-electron chi connectivity index (χ3n) is 4.02. The van der Waals surface area contributed by atoms with Gasteiger partial charge < -0.3 is 10.6 Å². The topological polar surface area (TPSA) is 58.2 Å². The predicted octanol–water partition coefficient (Wildman–Crippen LogP) is 3.30. The van der Waals surface area contributed by atoms with Crippen LogP contribution in [0.25, 0.3) is 0 Å². The van der Waals surface area contributed by atoms with Crippen LogP contribution >= 0.6 is 11.8 Å². The van der Waals surface area contributed by atoms with Crippen molar-refractivity contribution in [3.63, 3.8) is 0 Å². The van der Waals surface area contributed by atoms with E-state index in [0.717, 1.165) is 22.6 Å². The number of thioether (sulfide) groups is 1. The molecule has 0 saturated carbocycles. The number of halogens is 1. The van der Waals surface area contributed by atoms with Gasteiger partial charge in [0.15, 0.2) is 0 Å². The Morgan fingerprint density at radius 3 is 2.76 bits per heavy atom. The minimum absolute atomic E-state index is 0.152. The van der Waals surface area contributed by atoms with Gasteiger partial charge in [0.25, 0.3) is 5.91 Å². The maximum atomic E-state index is 13.5. The number of fused-ring (bicyclic) bond motifs is 1. The fraction of sp³-hybridized carbons (Fsp3) is 0.263. The summed E-state index contributed by atoms with van der Waals surface area (Å²) >= 11 is 1.67. The summed E-state index contributed by atoms with van der Waals surface area (Å²) in [7, 11) is 0. The van der Waals surface area contributed by atoms with Crippen molar-refractivity contribution in [3.05, 3.63) is 65.5 Å². The molecule has 25 heavy (non-hydrogen) atoms. The molecule has 1 heterocycles. The first-order valence-electron chi connectivity index (χ1n) is 8.18. The average Bonchev–Trinajstić information content (AvgIpc) is 2.63. The molecule has 6 heteroatoms. The first kappa shape index (κ1) is 17.5. The molecule has 0 aromatic heterocycles. The van der Waals surface area contributed by atoms with E-state index in [-0.39, 0.29) is 36.6 Å². The lowest BCUT2D eigenvalue weighted by Gasteiger charge is -2.26. The maximum absolute atomic E-state index is 13.5. The number of nitrogens with one attached hydrogen (secondary N) is 2. The van der Waals surface area contributed by atoms with Gasteiger partial charge in [0.2, 0.25) is 5.91 Å². The van der Waals surface area contributed by atoms with E-state index in [9.17, 15) is 14.0 Å². The fourth-order valence-electron chi connectivity index (χ4n) is 2.76. The molecule has 2 aromatic carbocycles. The van der Waals surface area contributed by atoms with Crippen molar-refractivity contribution in [2.45, 2.75) is 23.8 Å². The van der Waals surface area contributed by atoms with Gasteiger partial charge in [0.1, 0.15) is 5.82 Å². The summed E-state index contributed by atoms with van der Waals surface area (Å²) in [5.74, 6) is 0.236. The largest absolute Gasteiger partial charge is 0.352 e. The summed E-state index contributed by atoms with van der Waals surface area (Å²) in [5.41, 5.74) is 1.40. The highest BCUT2D eigenvalue weighted by Crippen LogP contribution is 2.36. The highest BCUT2D eigenvalue weighted by molar-refractivity contribution is 7.99. The molecule has 0 aliphatic carbocycles. The Morgan fingerprint density at radius 1 is 1.16 bits per heavy atom. The molecular formula is C19H19FN2O2S. The van der Waals surface area contributed by atoms with Gasteiger partial charge in [-0.05, 0) is 42.3 Å². The van der Waals surface area contributed by atoms with E-state index in [0.29, 0.717) is 5.56 Å². The molecule has 3 rings (SSSR count). The van der Waals surface area contributed by atoms with Crippen LogP contribution in [0.1, 0.15) is 34.8 Å². The Labute approximate surface area is 150 Å². The summed E-state index contributed by atoms with van der Waals surface area (Å²) in [6.45, 7) is 0.261. The van der Waals surface area contributed by atoms with E-state index in [1.165, 1.54) is 12.1 Å². The Morgan fingerprint density at radius 2 is 1.96 bits per heavy atom. The van der Waals surface area contributed by atoms with Crippen molar-refractivity contribution in [3.8, 4) is 0 Å². The van der Waals surface area contributed by atoms with Gasteiger partial charge in [-0.2, -0.15) is 0 Å². The smallest absolute Gasteiger partial charge is 0.251 e. The minimum atomic E-state index is -0.296. The Kier molecular flexibility index (Phi) is 5.71. The minimum Gasteiger partial charge on any atom is -0.352 e. The van der Waals surface area contributed by atoms with Crippen LogP contribution in [-0.2, 0) is 4.79 Å². The Balaban J connectivity index is 1.51.